The summed E-state index contributed by atoms with van der Waals surface area (Å²) in [5.74, 6) is 0. The van der Waals surface area contributed by atoms with Crippen molar-refractivity contribution in [3.05, 3.63) is 180 Å². The minimum absolute atomic E-state index is 0.588. The molecule has 0 spiro atoms. The largest absolute Gasteiger partial charge is 0.398 e. The van der Waals surface area contributed by atoms with Crippen molar-refractivity contribution in [3.8, 4) is 11.1 Å². The average molecular weight is 615 g/mol. The standard InChI is InChI=1S/C45H46N2/c1-5-9-17-33-25-37(26-34(43(33)46)18-10-6-2)45(38-27-35(19-11-7-3)44(47)36(28-38)20-12-8-4)41-24-16-15-23-39(41)40-29-31-21-13-14-22-32(31)30-42(40)45/h5-8,13-16,21-30H,1-4,9-12,17-20,46-47H2. The van der Waals surface area contributed by atoms with Gasteiger partial charge in [0, 0.05) is 11.4 Å². The van der Waals surface area contributed by atoms with E-state index in [1.165, 1.54) is 66.4 Å². The Bertz CT molecular complexity index is 1850. The van der Waals surface area contributed by atoms with Gasteiger partial charge in [-0.15, -0.1) is 26.3 Å². The number of allylic oxidation sites excluding steroid dienone is 4. The van der Waals surface area contributed by atoms with E-state index in [4.69, 9.17) is 11.5 Å². The fraction of sp³-hybridized carbons (Fsp3) is 0.200. The number of anilines is 2. The molecule has 0 aliphatic heterocycles. The number of rotatable bonds is 14. The first-order valence-corrected chi connectivity index (χ1v) is 16.9. The summed E-state index contributed by atoms with van der Waals surface area (Å²) in [5.41, 5.74) is 27.3. The third kappa shape index (κ3) is 5.63. The number of hydrogen-bond donors (Lipinski definition) is 2. The SMILES string of the molecule is C=CCCc1cc(C2(c3cc(CCC=C)c(N)c(CCC=C)c3)c3ccccc3-c3cc4ccccc4cc32)cc(CCC=C)c1N. The molecule has 5 aromatic carbocycles. The van der Waals surface area contributed by atoms with E-state index in [1.807, 2.05) is 24.3 Å². The Kier molecular flexibility index (Phi) is 9.31. The zero-order chi connectivity index (χ0) is 33.0. The van der Waals surface area contributed by atoms with Gasteiger partial charge in [0.1, 0.15) is 0 Å². The Morgan fingerprint density at radius 3 is 1.32 bits per heavy atom. The Balaban J connectivity index is 1.78. The number of nitrogen functional groups attached to an aromatic ring is 2. The number of nitrogens with two attached hydrogens (primary N) is 2. The normalized spacial score (nSPS) is 12.8. The lowest BCUT2D eigenvalue weighted by atomic mass is 9.66. The first-order valence-electron chi connectivity index (χ1n) is 16.9. The predicted molar refractivity (Wildman–Crippen MR) is 204 cm³/mol. The highest BCUT2D eigenvalue weighted by molar-refractivity contribution is 5.96. The molecule has 1 aliphatic carbocycles. The zero-order valence-electron chi connectivity index (χ0n) is 27.5. The van der Waals surface area contributed by atoms with Crippen LogP contribution in [0.5, 0.6) is 0 Å². The maximum absolute atomic E-state index is 6.95. The van der Waals surface area contributed by atoms with E-state index >= 15 is 0 Å². The van der Waals surface area contributed by atoms with Crippen LogP contribution in [0.25, 0.3) is 21.9 Å². The Morgan fingerprint density at radius 1 is 0.468 bits per heavy atom. The van der Waals surface area contributed by atoms with E-state index in [0.29, 0.717) is 0 Å². The highest BCUT2D eigenvalue weighted by atomic mass is 14.6. The molecule has 0 saturated heterocycles. The van der Waals surface area contributed by atoms with Crippen molar-refractivity contribution in [1.82, 2.24) is 0 Å². The molecular formula is C45H46N2. The van der Waals surface area contributed by atoms with Gasteiger partial charge in [0.05, 0.1) is 5.41 Å². The van der Waals surface area contributed by atoms with Gasteiger partial charge in [-0.2, -0.15) is 0 Å². The second-order valence-corrected chi connectivity index (χ2v) is 12.8. The molecule has 0 atom stereocenters. The van der Waals surface area contributed by atoms with Gasteiger partial charge in [-0.1, -0.05) is 97.1 Å². The van der Waals surface area contributed by atoms with Crippen LogP contribution in [0.15, 0.2) is 136 Å². The van der Waals surface area contributed by atoms with Crippen LogP contribution in [-0.4, -0.2) is 0 Å². The first-order chi connectivity index (χ1) is 23.0. The quantitative estimate of drug-likeness (QED) is 0.0947. The lowest BCUT2D eigenvalue weighted by Gasteiger charge is -2.36. The van der Waals surface area contributed by atoms with E-state index in [2.05, 4.69) is 111 Å². The molecule has 236 valence electrons. The van der Waals surface area contributed by atoms with Gasteiger partial charge in [-0.3, -0.25) is 0 Å². The van der Waals surface area contributed by atoms with E-state index in [-0.39, 0.29) is 0 Å². The molecule has 4 N–H and O–H groups in total. The molecule has 0 unspecified atom stereocenters. The monoisotopic (exact) mass is 614 g/mol. The van der Waals surface area contributed by atoms with Crippen molar-refractivity contribution in [3.63, 3.8) is 0 Å². The average Bonchev–Trinajstić information content (AvgIpc) is 3.38. The molecule has 0 amide bonds. The highest BCUT2D eigenvalue weighted by Gasteiger charge is 2.47. The Hall–Kier alpha value is -5.08. The highest BCUT2D eigenvalue weighted by Crippen LogP contribution is 2.58. The summed E-state index contributed by atoms with van der Waals surface area (Å²) in [4.78, 5) is 0. The first kappa shape index (κ1) is 31.9. The minimum atomic E-state index is -0.588. The van der Waals surface area contributed by atoms with Gasteiger partial charge in [0.15, 0.2) is 0 Å². The van der Waals surface area contributed by atoms with Gasteiger partial charge in [0.2, 0.25) is 0 Å². The van der Waals surface area contributed by atoms with Crippen LogP contribution < -0.4 is 11.5 Å². The fourth-order valence-electron chi connectivity index (χ4n) is 7.60. The van der Waals surface area contributed by atoms with Crippen LogP contribution in [0.3, 0.4) is 0 Å². The molecular weight excluding hydrogens is 569 g/mol. The van der Waals surface area contributed by atoms with Crippen molar-refractivity contribution < 1.29 is 0 Å². The third-order valence-corrected chi connectivity index (χ3v) is 9.95. The number of hydrogen-bond acceptors (Lipinski definition) is 2. The van der Waals surface area contributed by atoms with Crippen molar-refractivity contribution in [2.24, 2.45) is 0 Å². The van der Waals surface area contributed by atoms with E-state index in [0.717, 1.165) is 62.7 Å². The van der Waals surface area contributed by atoms with Gasteiger partial charge in [-0.05, 0) is 130 Å². The summed E-state index contributed by atoms with van der Waals surface area (Å²) < 4.78 is 0. The summed E-state index contributed by atoms with van der Waals surface area (Å²) >= 11 is 0. The molecule has 2 heteroatoms. The van der Waals surface area contributed by atoms with Crippen LogP contribution in [-0.2, 0) is 31.1 Å². The molecule has 5 aromatic rings. The van der Waals surface area contributed by atoms with E-state index < -0.39 is 5.41 Å². The Labute approximate surface area is 280 Å². The molecule has 0 aromatic heterocycles. The van der Waals surface area contributed by atoms with Crippen molar-refractivity contribution in [2.75, 3.05) is 11.5 Å². The summed E-state index contributed by atoms with van der Waals surface area (Å²) in [6.07, 6.45) is 14.7. The van der Waals surface area contributed by atoms with Crippen molar-refractivity contribution in [1.29, 1.82) is 0 Å². The van der Waals surface area contributed by atoms with E-state index in [1.54, 1.807) is 0 Å². The number of benzene rings is 5. The lowest BCUT2D eigenvalue weighted by Crippen LogP contribution is -2.30. The minimum Gasteiger partial charge on any atom is -0.398 e. The summed E-state index contributed by atoms with van der Waals surface area (Å²) in [6.45, 7) is 16.1. The fourth-order valence-corrected chi connectivity index (χ4v) is 7.60. The topological polar surface area (TPSA) is 52.0 Å². The molecule has 0 radical (unpaired) electrons. The molecule has 47 heavy (non-hydrogen) atoms. The smallest absolute Gasteiger partial charge is 0.0714 e. The lowest BCUT2D eigenvalue weighted by molar-refractivity contribution is 0.757. The zero-order valence-corrected chi connectivity index (χ0v) is 27.5. The van der Waals surface area contributed by atoms with Crippen molar-refractivity contribution >= 4 is 22.1 Å². The van der Waals surface area contributed by atoms with Crippen LogP contribution >= 0.6 is 0 Å². The van der Waals surface area contributed by atoms with Crippen LogP contribution in [0.1, 0.15) is 70.2 Å². The summed E-state index contributed by atoms with van der Waals surface area (Å²) in [7, 11) is 0. The third-order valence-electron chi connectivity index (χ3n) is 9.95. The molecule has 2 nitrogen and oxygen atoms in total. The van der Waals surface area contributed by atoms with Crippen LogP contribution in [0.4, 0.5) is 11.4 Å². The molecule has 1 aliphatic rings. The molecule has 0 saturated carbocycles. The van der Waals surface area contributed by atoms with Gasteiger partial charge < -0.3 is 11.5 Å². The molecule has 0 bridgehead atoms. The maximum Gasteiger partial charge on any atom is 0.0714 e. The molecule has 0 fully saturated rings. The number of fused-ring (bicyclic) bond motifs is 4. The predicted octanol–water partition coefficient (Wildman–Crippen LogP) is 10.8. The van der Waals surface area contributed by atoms with Crippen LogP contribution in [0.2, 0.25) is 0 Å². The van der Waals surface area contributed by atoms with E-state index in [9.17, 15) is 0 Å². The molecule has 0 heterocycles. The van der Waals surface area contributed by atoms with Gasteiger partial charge >= 0.3 is 0 Å². The van der Waals surface area contributed by atoms with Crippen LogP contribution in [0, 0.1) is 0 Å². The van der Waals surface area contributed by atoms with Gasteiger partial charge in [-0.25, -0.2) is 0 Å². The summed E-state index contributed by atoms with van der Waals surface area (Å²) in [6, 6.07) is 32.0. The Morgan fingerprint density at radius 2 is 0.872 bits per heavy atom. The number of aryl methyl sites for hydroxylation is 4. The second kappa shape index (κ2) is 13.7. The molecule has 6 rings (SSSR count). The maximum atomic E-state index is 6.95. The van der Waals surface area contributed by atoms with Gasteiger partial charge in [0.25, 0.3) is 0 Å². The summed E-state index contributed by atoms with van der Waals surface area (Å²) in [5, 5.41) is 2.47. The second-order valence-electron chi connectivity index (χ2n) is 12.8. The van der Waals surface area contributed by atoms with Crippen molar-refractivity contribution in [2.45, 2.75) is 56.8 Å².